The molecule has 1 atom stereocenters. The molecule has 0 bridgehead atoms. The fourth-order valence-corrected chi connectivity index (χ4v) is 2.89. The molecule has 1 fully saturated rings. The monoisotopic (exact) mass is 317 g/mol. The van der Waals surface area contributed by atoms with Crippen molar-refractivity contribution < 1.29 is 9.59 Å². The number of hydrogen-bond acceptors (Lipinski definition) is 3. The van der Waals surface area contributed by atoms with Gasteiger partial charge in [0, 0.05) is 31.2 Å². The van der Waals surface area contributed by atoms with Crippen LogP contribution in [0, 0.1) is 6.92 Å². The molecule has 1 aromatic carbocycles. The Balaban J connectivity index is 2.06. The van der Waals surface area contributed by atoms with Crippen LogP contribution in [0.4, 0.5) is 5.69 Å². The largest absolute Gasteiger partial charge is 0.355 e. The van der Waals surface area contributed by atoms with Crippen molar-refractivity contribution in [2.24, 2.45) is 0 Å². The summed E-state index contributed by atoms with van der Waals surface area (Å²) in [5.41, 5.74) is 3.15. The van der Waals surface area contributed by atoms with Crippen molar-refractivity contribution in [1.82, 2.24) is 10.2 Å². The lowest BCUT2D eigenvalue weighted by molar-refractivity contribution is -0.121. The number of carbonyl (C=O) groups excluding carboxylic acids is 2. The lowest BCUT2D eigenvalue weighted by Gasteiger charge is -2.26. The van der Waals surface area contributed by atoms with Crippen molar-refractivity contribution in [2.45, 2.75) is 46.1 Å². The Labute approximate surface area is 138 Å². The molecule has 126 valence electrons. The van der Waals surface area contributed by atoms with Crippen LogP contribution >= 0.6 is 0 Å². The van der Waals surface area contributed by atoms with Crippen LogP contribution in [-0.2, 0) is 9.59 Å². The standard InChI is InChI=1S/C18H27N3O2/c1-12(2)15-7-5-6-13(3)18(15)20-17(23)11-21-9-8-16(22)19-10-14(21)4/h5-7,12,14H,8-11H2,1-4H3,(H,19,22)(H,20,23)/t14-/m0/s1. The van der Waals surface area contributed by atoms with Gasteiger partial charge >= 0.3 is 0 Å². The van der Waals surface area contributed by atoms with Crippen molar-refractivity contribution in [3.05, 3.63) is 29.3 Å². The summed E-state index contributed by atoms with van der Waals surface area (Å²) >= 11 is 0. The summed E-state index contributed by atoms with van der Waals surface area (Å²) in [6.07, 6.45) is 0.444. The smallest absolute Gasteiger partial charge is 0.238 e. The highest BCUT2D eigenvalue weighted by molar-refractivity contribution is 5.94. The first kappa shape index (κ1) is 17.5. The van der Waals surface area contributed by atoms with Crippen molar-refractivity contribution in [3.63, 3.8) is 0 Å². The Kier molecular flexibility index (Phi) is 5.77. The van der Waals surface area contributed by atoms with E-state index < -0.39 is 0 Å². The van der Waals surface area contributed by atoms with E-state index in [1.807, 2.05) is 26.0 Å². The van der Waals surface area contributed by atoms with Crippen LogP contribution in [0.15, 0.2) is 18.2 Å². The van der Waals surface area contributed by atoms with Gasteiger partial charge in [0.2, 0.25) is 11.8 Å². The average molecular weight is 317 g/mol. The fourth-order valence-electron chi connectivity index (χ4n) is 2.89. The SMILES string of the molecule is Cc1cccc(C(C)C)c1NC(=O)CN1CCC(=O)NC[C@@H]1C. The summed E-state index contributed by atoms with van der Waals surface area (Å²) < 4.78 is 0. The minimum atomic E-state index is -0.0256. The van der Waals surface area contributed by atoms with Crippen LogP contribution in [0.3, 0.4) is 0 Å². The van der Waals surface area contributed by atoms with Crippen molar-refractivity contribution in [1.29, 1.82) is 0 Å². The number of hydrogen-bond donors (Lipinski definition) is 2. The van der Waals surface area contributed by atoms with E-state index in [4.69, 9.17) is 0 Å². The first-order valence-corrected chi connectivity index (χ1v) is 8.28. The highest BCUT2D eigenvalue weighted by Crippen LogP contribution is 2.27. The van der Waals surface area contributed by atoms with E-state index in [2.05, 4.69) is 35.4 Å². The highest BCUT2D eigenvalue weighted by atomic mass is 16.2. The zero-order chi connectivity index (χ0) is 17.0. The molecule has 1 heterocycles. The number of benzene rings is 1. The fraction of sp³-hybridized carbons (Fsp3) is 0.556. The second-order valence-corrected chi connectivity index (χ2v) is 6.62. The van der Waals surface area contributed by atoms with E-state index in [1.165, 1.54) is 0 Å². The maximum atomic E-state index is 12.5. The summed E-state index contributed by atoms with van der Waals surface area (Å²) in [4.78, 5) is 26.0. The normalized spacial score (nSPS) is 19.3. The molecule has 23 heavy (non-hydrogen) atoms. The van der Waals surface area contributed by atoms with Gasteiger partial charge in [-0.25, -0.2) is 0 Å². The maximum absolute atomic E-state index is 12.5. The van der Waals surface area contributed by atoms with Gasteiger partial charge in [-0.2, -0.15) is 0 Å². The molecule has 0 spiro atoms. The zero-order valence-corrected chi connectivity index (χ0v) is 14.5. The maximum Gasteiger partial charge on any atom is 0.238 e. The molecule has 2 N–H and O–H groups in total. The van der Waals surface area contributed by atoms with Crippen molar-refractivity contribution in [2.75, 3.05) is 25.0 Å². The summed E-state index contributed by atoms with van der Waals surface area (Å²) in [6.45, 7) is 9.81. The molecule has 0 aliphatic carbocycles. The Morgan fingerprint density at radius 1 is 1.43 bits per heavy atom. The van der Waals surface area contributed by atoms with Crippen LogP contribution in [0.25, 0.3) is 0 Å². The Hall–Kier alpha value is -1.88. The Morgan fingerprint density at radius 2 is 2.17 bits per heavy atom. The van der Waals surface area contributed by atoms with Gasteiger partial charge in [0.25, 0.3) is 0 Å². The van der Waals surface area contributed by atoms with Gasteiger partial charge in [-0.3, -0.25) is 14.5 Å². The van der Waals surface area contributed by atoms with E-state index in [0.29, 0.717) is 32.0 Å². The van der Waals surface area contributed by atoms with E-state index >= 15 is 0 Å². The topological polar surface area (TPSA) is 61.4 Å². The molecule has 1 aliphatic rings. The molecule has 0 aromatic heterocycles. The summed E-state index contributed by atoms with van der Waals surface area (Å²) in [6, 6.07) is 6.26. The van der Waals surface area contributed by atoms with E-state index in [9.17, 15) is 9.59 Å². The second-order valence-electron chi connectivity index (χ2n) is 6.62. The lowest BCUT2D eigenvalue weighted by atomic mass is 9.98. The molecule has 2 rings (SSSR count). The Morgan fingerprint density at radius 3 is 2.87 bits per heavy atom. The average Bonchev–Trinajstić information content (AvgIpc) is 2.64. The predicted molar refractivity (Wildman–Crippen MR) is 92.6 cm³/mol. The van der Waals surface area contributed by atoms with Crippen LogP contribution in [-0.4, -0.2) is 42.4 Å². The molecule has 0 unspecified atom stereocenters. The van der Waals surface area contributed by atoms with Crippen LogP contribution in [0.2, 0.25) is 0 Å². The minimum absolute atomic E-state index is 0.0256. The quantitative estimate of drug-likeness (QED) is 0.895. The molecular weight excluding hydrogens is 290 g/mol. The number of para-hydroxylation sites is 1. The number of carbonyl (C=O) groups is 2. The number of aryl methyl sites for hydroxylation is 1. The number of nitrogens with zero attached hydrogens (tertiary/aromatic N) is 1. The van der Waals surface area contributed by atoms with Crippen LogP contribution in [0.1, 0.15) is 44.2 Å². The summed E-state index contributed by atoms with van der Waals surface area (Å²) in [5, 5.41) is 5.94. The van der Waals surface area contributed by atoms with E-state index in [-0.39, 0.29) is 17.9 Å². The third kappa shape index (κ3) is 4.55. The molecular formula is C18H27N3O2. The Bertz CT molecular complexity index is 584. The molecule has 1 saturated heterocycles. The number of nitrogens with one attached hydrogen (secondary N) is 2. The lowest BCUT2D eigenvalue weighted by Crippen LogP contribution is -2.42. The predicted octanol–water partition coefficient (Wildman–Crippen LogP) is 2.27. The van der Waals surface area contributed by atoms with E-state index in [1.54, 1.807) is 0 Å². The van der Waals surface area contributed by atoms with Gasteiger partial charge in [-0.15, -0.1) is 0 Å². The van der Waals surface area contributed by atoms with Gasteiger partial charge in [0.05, 0.1) is 6.54 Å². The number of amides is 2. The molecule has 5 heteroatoms. The first-order chi connectivity index (χ1) is 10.9. The number of anilines is 1. The van der Waals surface area contributed by atoms with Gasteiger partial charge in [0.15, 0.2) is 0 Å². The molecule has 5 nitrogen and oxygen atoms in total. The van der Waals surface area contributed by atoms with Gasteiger partial charge in [0.1, 0.15) is 0 Å². The van der Waals surface area contributed by atoms with Gasteiger partial charge in [-0.05, 0) is 30.9 Å². The van der Waals surface area contributed by atoms with Crippen LogP contribution < -0.4 is 10.6 Å². The summed E-state index contributed by atoms with van der Waals surface area (Å²) in [7, 11) is 0. The van der Waals surface area contributed by atoms with Crippen molar-refractivity contribution >= 4 is 17.5 Å². The zero-order valence-electron chi connectivity index (χ0n) is 14.5. The third-order valence-electron chi connectivity index (χ3n) is 4.38. The van der Waals surface area contributed by atoms with Crippen LogP contribution in [0.5, 0.6) is 0 Å². The highest BCUT2D eigenvalue weighted by Gasteiger charge is 2.22. The van der Waals surface area contributed by atoms with Crippen molar-refractivity contribution in [3.8, 4) is 0 Å². The molecule has 0 radical (unpaired) electrons. The summed E-state index contributed by atoms with van der Waals surface area (Å²) in [5.74, 6) is 0.382. The molecule has 1 aliphatic heterocycles. The van der Waals surface area contributed by atoms with Gasteiger partial charge in [-0.1, -0.05) is 32.0 Å². The molecule has 0 saturated carbocycles. The minimum Gasteiger partial charge on any atom is -0.355 e. The third-order valence-corrected chi connectivity index (χ3v) is 4.38. The second kappa shape index (κ2) is 7.59. The number of rotatable bonds is 4. The first-order valence-electron chi connectivity index (χ1n) is 8.28. The molecule has 1 aromatic rings. The van der Waals surface area contributed by atoms with E-state index in [0.717, 1.165) is 16.8 Å². The van der Waals surface area contributed by atoms with Gasteiger partial charge < -0.3 is 10.6 Å². The molecule has 2 amide bonds.